The van der Waals surface area contributed by atoms with Crippen molar-refractivity contribution in [3.8, 4) is 11.1 Å². The third-order valence-electron chi connectivity index (χ3n) is 9.71. The Morgan fingerprint density at radius 3 is 2.51 bits per heavy atom. The maximum Gasteiger partial charge on any atom is 0.335 e. The monoisotopic (exact) mass is 573 g/mol. The van der Waals surface area contributed by atoms with Gasteiger partial charge in [0.1, 0.15) is 0 Å². The van der Waals surface area contributed by atoms with Crippen molar-refractivity contribution in [3.05, 3.63) is 118 Å². The lowest BCUT2D eigenvalue weighted by atomic mass is 9.87. The smallest absolute Gasteiger partial charge is 0.335 e. The molecule has 1 amide bonds. The number of aromatic carboxylic acids is 1. The van der Waals surface area contributed by atoms with Crippen LogP contribution in [-0.2, 0) is 30.8 Å². The average molecular weight is 574 g/mol. The fourth-order valence-electron chi connectivity index (χ4n) is 7.20. The Balaban J connectivity index is 1.15. The highest BCUT2D eigenvalue weighted by Crippen LogP contribution is 2.47. The van der Waals surface area contributed by atoms with E-state index in [0.717, 1.165) is 49.2 Å². The lowest BCUT2D eigenvalue weighted by Crippen LogP contribution is -2.33. The topological polar surface area (TPSA) is 74.6 Å². The van der Waals surface area contributed by atoms with E-state index >= 15 is 0 Å². The molecule has 1 aromatic heterocycles. The van der Waals surface area contributed by atoms with Gasteiger partial charge in [0.05, 0.1) is 5.56 Å². The molecule has 43 heavy (non-hydrogen) atoms. The summed E-state index contributed by atoms with van der Waals surface area (Å²) < 4.78 is 2.52. The number of aryl methyl sites for hydroxylation is 1. The van der Waals surface area contributed by atoms with Crippen LogP contribution in [0.15, 0.2) is 72.8 Å². The molecule has 0 radical (unpaired) electrons. The molecule has 3 aromatic carbocycles. The Morgan fingerprint density at radius 1 is 0.930 bits per heavy atom. The molecule has 2 aliphatic carbocycles. The Kier molecular flexibility index (Phi) is 7.18. The van der Waals surface area contributed by atoms with Crippen LogP contribution in [0.5, 0.6) is 0 Å². The lowest BCUT2D eigenvalue weighted by molar-refractivity contribution is -0.122. The van der Waals surface area contributed by atoms with Gasteiger partial charge in [-0.25, -0.2) is 4.79 Å². The summed E-state index contributed by atoms with van der Waals surface area (Å²) in [6, 6.07) is 24.8. The van der Waals surface area contributed by atoms with Gasteiger partial charge in [-0.1, -0.05) is 54.6 Å². The van der Waals surface area contributed by atoms with Crippen molar-refractivity contribution in [2.75, 3.05) is 6.54 Å². The number of nitrogens with zero attached hydrogens (tertiary/aromatic N) is 2. The van der Waals surface area contributed by atoms with E-state index in [0.29, 0.717) is 24.1 Å². The maximum absolute atomic E-state index is 13.2. The number of carbonyl (C=O) groups is 2. The van der Waals surface area contributed by atoms with Crippen molar-refractivity contribution in [2.45, 2.75) is 71.1 Å². The Morgan fingerprint density at radius 2 is 1.74 bits per heavy atom. The van der Waals surface area contributed by atoms with Crippen LogP contribution in [0.4, 0.5) is 0 Å². The van der Waals surface area contributed by atoms with E-state index in [2.05, 4.69) is 59.0 Å². The first-order valence-corrected chi connectivity index (χ1v) is 15.6. The van der Waals surface area contributed by atoms with Gasteiger partial charge >= 0.3 is 5.97 Å². The summed E-state index contributed by atoms with van der Waals surface area (Å²) in [5.74, 6) is -0.446. The molecule has 7 rings (SSSR count). The first-order chi connectivity index (χ1) is 20.9. The minimum absolute atomic E-state index is 0.0366. The first kappa shape index (κ1) is 27.7. The van der Waals surface area contributed by atoms with Crippen LogP contribution in [0.25, 0.3) is 11.1 Å². The number of aromatic nitrogens is 1. The number of fused-ring (bicyclic) bond motifs is 1. The third-order valence-corrected chi connectivity index (χ3v) is 9.71. The summed E-state index contributed by atoms with van der Waals surface area (Å²) >= 11 is 0. The van der Waals surface area contributed by atoms with Crippen LogP contribution in [0.2, 0.25) is 0 Å². The molecule has 0 bridgehead atoms. The van der Waals surface area contributed by atoms with Crippen molar-refractivity contribution in [1.29, 1.82) is 0 Å². The van der Waals surface area contributed by atoms with Gasteiger partial charge in [-0.15, -0.1) is 0 Å². The van der Waals surface area contributed by atoms with Crippen LogP contribution >= 0.6 is 0 Å². The van der Waals surface area contributed by atoms with Crippen molar-refractivity contribution >= 4 is 11.9 Å². The highest BCUT2D eigenvalue weighted by molar-refractivity contribution is 5.89. The average Bonchev–Trinajstić information content (AvgIpc) is 3.95. The minimum Gasteiger partial charge on any atom is -0.478 e. The molecule has 2 atom stereocenters. The van der Waals surface area contributed by atoms with E-state index < -0.39 is 5.97 Å². The summed E-state index contributed by atoms with van der Waals surface area (Å²) in [5.41, 5.74) is 11.4. The zero-order valence-electron chi connectivity index (χ0n) is 25.0. The molecule has 2 heterocycles. The van der Waals surface area contributed by atoms with Crippen LogP contribution < -0.4 is 5.32 Å². The number of hydrogen-bond donors (Lipinski definition) is 2. The van der Waals surface area contributed by atoms with Crippen LogP contribution in [0.1, 0.15) is 80.8 Å². The van der Waals surface area contributed by atoms with Gasteiger partial charge in [-0.3, -0.25) is 9.69 Å². The molecular formula is C37H39N3O3. The molecule has 3 aliphatic rings. The van der Waals surface area contributed by atoms with Gasteiger partial charge in [0.25, 0.3) is 0 Å². The number of carboxylic acid groups (broad SMARTS) is 1. The molecule has 4 aromatic rings. The second kappa shape index (κ2) is 11.2. The number of hydrogen-bond acceptors (Lipinski definition) is 3. The van der Waals surface area contributed by atoms with Crippen molar-refractivity contribution in [1.82, 2.24) is 14.8 Å². The van der Waals surface area contributed by atoms with Crippen molar-refractivity contribution in [2.24, 2.45) is 5.92 Å². The summed E-state index contributed by atoms with van der Waals surface area (Å²) in [4.78, 5) is 27.4. The minimum atomic E-state index is -0.918. The number of benzene rings is 3. The molecule has 0 spiro atoms. The molecule has 2 unspecified atom stereocenters. The summed E-state index contributed by atoms with van der Waals surface area (Å²) in [6.45, 7) is 7.61. The molecule has 0 saturated heterocycles. The molecule has 6 heteroatoms. The fourth-order valence-corrected chi connectivity index (χ4v) is 7.20. The number of carboxylic acids is 1. The highest BCUT2D eigenvalue weighted by Gasteiger charge is 2.43. The number of carbonyl (C=O) groups excluding carboxylic acids is 1. The van der Waals surface area contributed by atoms with Gasteiger partial charge in [0.2, 0.25) is 5.91 Å². The maximum atomic E-state index is 13.2. The van der Waals surface area contributed by atoms with E-state index in [4.69, 9.17) is 0 Å². The fraction of sp³-hybridized carbons (Fsp3) is 0.351. The summed E-state index contributed by atoms with van der Waals surface area (Å²) in [5, 5.41) is 12.9. The second-order valence-corrected chi connectivity index (χ2v) is 12.7. The van der Waals surface area contributed by atoms with Gasteiger partial charge in [-0.2, -0.15) is 0 Å². The first-order valence-electron chi connectivity index (χ1n) is 15.6. The van der Waals surface area contributed by atoms with Gasteiger partial charge < -0.3 is 15.0 Å². The Hall–Kier alpha value is -4.16. The Bertz CT molecular complexity index is 1700. The van der Waals surface area contributed by atoms with Gasteiger partial charge in [0, 0.05) is 49.5 Å². The molecule has 220 valence electrons. The van der Waals surface area contributed by atoms with E-state index in [-0.39, 0.29) is 11.8 Å². The zero-order valence-corrected chi connectivity index (χ0v) is 25.0. The van der Waals surface area contributed by atoms with E-state index in [1.54, 1.807) is 12.1 Å². The van der Waals surface area contributed by atoms with Crippen molar-refractivity contribution in [3.63, 3.8) is 0 Å². The predicted molar refractivity (Wildman–Crippen MR) is 168 cm³/mol. The summed E-state index contributed by atoms with van der Waals surface area (Å²) in [7, 11) is 0. The number of rotatable bonds is 9. The third kappa shape index (κ3) is 5.52. The van der Waals surface area contributed by atoms with E-state index in [9.17, 15) is 14.7 Å². The van der Waals surface area contributed by atoms with Crippen molar-refractivity contribution < 1.29 is 14.7 Å². The van der Waals surface area contributed by atoms with Crippen LogP contribution in [0, 0.1) is 19.8 Å². The number of amides is 1. The van der Waals surface area contributed by atoms with Gasteiger partial charge in [-0.05, 0) is 103 Å². The highest BCUT2D eigenvalue weighted by atomic mass is 16.4. The molecular weight excluding hydrogens is 534 g/mol. The largest absolute Gasteiger partial charge is 0.478 e. The zero-order chi connectivity index (χ0) is 29.7. The SMILES string of the molecule is Cc1cc(CN2CCc3c(-c4cccc(C(=O)O)c4)ccc(CNC(=O)C4CC4c4ccccc4)c3C2)c(C)n1C1CC1. The predicted octanol–water partition coefficient (Wildman–Crippen LogP) is 6.78. The molecule has 2 N–H and O–H groups in total. The quantitative estimate of drug-likeness (QED) is 0.231. The molecule has 2 saturated carbocycles. The summed E-state index contributed by atoms with van der Waals surface area (Å²) in [6.07, 6.45) is 4.34. The molecule has 2 fully saturated rings. The lowest BCUT2D eigenvalue weighted by Gasteiger charge is -2.32. The van der Waals surface area contributed by atoms with E-state index in [1.807, 2.05) is 30.3 Å². The normalized spacial score (nSPS) is 19.6. The number of nitrogens with one attached hydrogen (secondary N) is 1. The molecule has 6 nitrogen and oxygen atoms in total. The standard InChI is InChI=1S/C37H39N3O3/c1-23-17-29(24(2)40(23)30-12-13-30)21-39-16-15-32-31(26-9-6-10-27(18-26)37(42)43)14-11-28(35(32)22-39)20-38-36(41)34-19-33(34)25-7-4-3-5-8-25/h3-11,14,17-18,30,33-34H,12-13,15-16,19-22H2,1-2H3,(H,38,41)(H,42,43). The van der Waals surface area contributed by atoms with Crippen LogP contribution in [-0.4, -0.2) is 33.0 Å². The Labute approximate surface area is 253 Å². The van der Waals surface area contributed by atoms with Gasteiger partial charge in [0.15, 0.2) is 0 Å². The van der Waals surface area contributed by atoms with E-state index in [1.165, 1.54) is 46.5 Å². The molecule has 1 aliphatic heterocycles. The second-order valence-electron chi connectivity index (χ2n) is 12.7. The van der Waals surface area contributed by atoms with Crippen LogP contribution in [0.3, 0.4) is 0 Å².